The van der Waals surface area contributed by atoms with Crippen LogP contribution in [0.25, 0.3) is 0 Å². The van der Waals surface area contributed by atoms with E-state index < -0.39 is 4.92 Å². The molecule has 0 aliphatic carbocycles. The van der Waals surface area contributed by atoms with Crippen molar-refractivity contribution in [3.8, 4) is 0 Å². The smallest absolute Gasteiger partial charge is 0.269 e. The van der Waals surface area contributed by atoms with Crippen LogP contribution in [0.15, 0.2) is 46.6 Å². The minimum absolute atomic E-state index is 0.0219. The van der Waals surface area contributed by atoms with Gasteiger partial charge in [-0.15, -0.1) is 5.11 Å². The first-order valence-corrected chi connectivity index (χ1v) is 10.2. The summed E-state index contributed by atoms with van der Waals surface area (Å²) in [6, 6.07) is 9.82. The number of azo groups is 1. The molecule has 0 spiro atoms. The van der Waals surface area contributed by atoms with Gasteiger partial charge in [0.1, 0.15) is 5.69 Å². The fraction of sp³-hybridized carbons (Fsp3) is 0.455. The second-order valence-electron chi connectivity index (χ2n) is 6.89. The molecule has 0 aliphatic rings. The van der Waals surface area contributed by atoms with Crippen LogP contribution in [0.2, 0.25) is 0 Å². The fourth-order valence-corrected chi connectivity index (χ4v) is 3.10. The lowest BCUT2D eigenvalue weighted by Gasteiger charge is -2.13. The number of benzene rings is 2. The molecule has 0 bridgehead atoms. The van der Waals surface area contributed by atoms with Gasteiger partial charge in [-0.1, -0.05) is 39.2 Å². The zero-order valence-electron chi connectivity index (χ0n) is 17.3. The van der Waals surface area contributed by atoms with Crippen molar-refractivity contribution in [2.75, 3.05) is 18.9 Å². The van der Waals surface area contributed by atoms with Crippen molar-refractivity contribution < 1.29 is 9.66 Å². The van der Waals surface area contributed by atoms with Crippen molar-refractivity contribution in [3.63, 3.8) is 0 Å². The molecule has 0 unspecified atom stereocenters. The van der Waals surface area contributed by atoms with Crippen molar-refractivity contribution in [3.05, 3.63) is 57.6 Å². The Labute approximate surface area is 172 Å². The molecule has 0 amide bonds. The summed E-state index contributed by atoms with van der Waals surface area (Å²) >= 11 is 0. The predicted molar refractivity (Wildman–Crippen MR) is 116 cm³/mol. The molecule has 0 saturated heterocycles. The van der Waals surface area contributed by atoms with Gasteiger partial charge >= 0.3 is 0 Å². The standard InChI is InChI=1S/C22H30N4O3/c1-3-5-6-7-15-29-16-14-17-8-13-21(22(23)20(17)4-2)25-24-18-9-11-19(12-10-18)26(27)28/h8-13H,3-7,14-16,23H2,1-2H3. The normalized spacial score (nSPS) is 11.2. The Morgan fingerprint density at radius 3 is 2.41 bits per heavy atom. The predicted octanol–water partition coefficient (Wildman–Crippen LogP) is 6.29. The zero-order chi connectivity index (χ0) is 21.1. The third-order valence-corrected chi connectivity index (χ3v) is 4.78. The Morgan fingerprint density at radius 1 is 1.00 bits per heavy atom. The summed E-state index contributed by atoms with van der Waals surface area (Å²) in [6.07, 6.45) is 6.44. The van der Waals surface area contributed by atoms with Crippen molar-refractivity contribution >= 4 is 22.7 Å². The van der Waals surface area contributed by atoms with E-state index >= 15 is 0 Å². The Kier molecular flexibility index (Phi) is 9.24. The van der Waals surface area contributed by atoms with Gasteiger partial charge in [-0.2, -0.15) is 5.11 Å². The maximum absolute atomic E-state index is 10.7. The van der Waals surface area contributed by atoms with Gasteiger partial charge in [-0.25, -0.2) is 0 Å². The van der Waals surface area contributed by atoms with Gasteiger partial charge in [0.2, 0.25) is 0 Å². The SMILES string of the molecule is CCCCCCOCCc1ccc(N=Nc2ccc([N+](=O)[O-])cc2)c(N)c1CC. The number of nitrogens with two attached hydrogens (primary N) is 1. The summed E-state index contributed by atoms with van der Waals surface area (Å²) in [4.78, 5) is 10.3. The van der Waals surface area contributed by atoms with Crippen LogP contribution >= 0.6 is 0 Å². The molecule has 2 aromatic carbocycles. The number of nitrogen functional groups attached to an aromatic ring is 1. The van der Waals surface area contributed by atoms with Crippen molar-refractivity contribution in [1.82, 2.24) is 0 Å². The number of hydrogen-bond acceptors (Lipinski definition) is 6. The van der Waals surface area contributed by atoms with Crippen molar-refractivity contribution in [2.45, 2.75) is 52.4 Å². The number of unbranched alkanes of at least 4 members (excludes halogenated alkanes) is 3. The first-order chi connectivity index (χ1) is 14.1. The fourth-order valence-electron chi connectivity index (χ4n) is 3.10. The number of nitro groups is 1. The third-order valence-electron chi connectivity index (χ3n) is 4.78. The quantitative estimate of drug-likeness (QED) is 0.149. The highest BCUT2D eigenvalue weighted by Crippen LogP contribution is 2.31. The highest BCUT2D eigenvalue weighted by atomic mass is 16.6. The van der Waals surface area contributed by atoms with Gasteiger partial charge in [-0.3, -0.25) is 10.1 Å². The highest BCUT2D eigenvalue weighted by molar-refractivity contribution is 5.68. The summed E-state index contributed by atoms with van der Waals surface area (Å²) in [5.74, 6) is 0. The van der Waals surface area contributed by atoms with Gasteiger partial charge in [0.05, 0.1) is 22.9 Å². The molecule has 156 valence electrons. The minimum atomic E-state index is -0.444. The van der Waals surface area contributed by atoms with Crippen molar-refractivity contribution in [2.24, 2.45) is 10.2 Å². The Balaban J connectivity index is 1.99. The maximum Gasteiger partial charge on any atom is 0.269 e. The molecule has 7 heteroatoms. The van der Waals surface area contributed by atoms with E-state index in [0.717, 1.165) is 31.4 Å². The average molecular weight is 399 g/mol. The molecule has 0 atom stereocenters. The highest BCUT2D eigenvalue weighted by Gasteiger charge is 2.10. The van der Waals surface area contributed by atoms with Crippen LogP contribution in [0, 0.1) is 10.1 Å². The van der Waals surface area contributed by atoms with Crippen LogP contribution in [0.5, 0.6) is 0 Å². The first-order valence-electron chi connectivity index (χ1n) is 10.2. The molecule has 0 fully saturated rings. The van der Waals surface area contributed by atoms with E-state index in [1.54, 1.807) is 12.1 Å². The third kappa shape index (κ3) is 6.94. The lowest BCUT2D eigenvalue weighted by molar-refractivity contribution is -0.384. The van der Waals surface area contributed by atoms with Crippen LogP contribution in [0.4, 0.5) is 22.7 Å². The van der Waals surface area contributed by atoms with Crippen LogP contribution in [0.1, 0.15) is 50.7 Å². The number of nitrogens with zero attached hydrogens (tertiary/aromatic N) is 3. The molecule has 0 radical (unpaired) electrons. The molecule has 7 nitrogen and oxygen atoms in total. The van der Waals surface area contributed by atoms with E-state index in [0.29, 0.717) is 23.7 Å². The molecular weight excluding hydrogens is 368 g/mol. The second kappa shape index (κ2) is 11.9. The van der Waals surface area contributed by atoms with Crippen molar-refractivity contribution in [1.29, 1.82) is 0 Å². The van der Waals surface area contributed by atoms with E-state index in [1.165, 1.54) is 37.0 Å². The van der Waals surface area contributed by atoms with E-state index in [4.69, 9.17) is 10.5 Å². The van der Waals surface area contributed by atoms with Crippen LogP contribution in [0.3, 0.4) is 0 Å². The summed E-state index contributed by atoms with van der Waals surface area (Å²) < 4.78 is 5.75. The van der Waals surface area contributed by atoms with E-state index in [1.807, 2.05) is 12.1 Å². The molecule has 0 heterocycles. The van der Waals surface area contributed by atoms with Gasteiger partial charge in [0.25, 0.3) is 5.69 Å². The van der Waals surface area contributed by atoms with Gasteiger partial charge in [0, 0.05) is 18.7 Å². The second-order valence-corrected chi connectivity index (χ2v) is 6.89. The number of hydrogen-bond donors (Lipinski definition) is 1. The molecule has 29 heavy (non-hydrogen) atoms. The topological polar surface area (TPSA) is 103 Å². The number of nitro benzene ring substituents is 1. The van der Waals surface area contributed by atoms with Gasteiger partial charge in [-0.05, 0) is 48.6 Å². The van der Waals surface area contributed by atoms with Gasteiger partial charge < -0.3 is 10.5 Å². The van der Waals surface area contributed by atoms with E-state index in [9.17, 15) is 10.1 Å². The molecule has 0 saturated carbocycles. The molecule has 2 N–H and O–H groups in total. The maximum atomic E-state index is 10.7. The average Bonchev–Trinajstić information content (AvgIpc) is 2.73. The lowest BCUT2D eigenvalue weighted by Crippen LogP contribution is -2.05. The molecule has 0 aliphatic heterocycles. The number of ether oxygens (including phenoxy) is 1. The molecular formula is C22H30N4O3. The Bertz CT molecular complexity index is 820. The zero-order valence-corrected chi connectivity index (χ0v) is 17.3. The Hall–Kier alpha value is -2.80. The first kappa shape index (κ1) is 22.5. The summed E-state index contributed by atoms with van der Waals surface area (Å²) in [7, 11) is 0. The largest absolute Gasteiger partial charge is 0.397 e. The summed E-state index contributed by atoms with van der Waals surface area (Å²) in [5.41, 5.74) is 10.3. The monoisotopic (exact) mass is 398 g/mol. The number of anilines is 1. The molecule has 0 aromatic heterocycles. The summed E-state index contributed by atoms with van der Waals surface area (Å²) in [6.45, 7) is 5.76. The number of non-ortho nitro benzene ring substituents is 1. The molecule has 2 rings (SSSR count). The summed E-state index contributed by atoms with van der Waals surface area (Å²) in [5, 5.41) is 19.1. The molecule has 2 aromatic rings. The Morgan fingerprint density at radius 2 is 1.76 bits per heavy atom. The van der Waals surface area contributed by atoms with E-state index in [2.05, 4.69) is 24.1 Å². The van der Waals surface area contributed by atoms with E-state index in [-0.39, 0.29) is 5.69 Å². The van der Waals surface area contributed by atoms with Crippen LogP contribution in [-0.2, 0) is 17.6 Å². The van der Waals surface area contributed by atoms with Crippen LogP contribution < -0.4 is 5.73 Å². The number of rotatable bonds is 12. The lowest BCUT2D eigenvalue weighted by atomic mass is 9.99. The minimum Gasteiger partial charge on any atom is -0.397 e. The van der Waals surface area contributed by atoms with Gasteiger partial charge in [0.15, 0.2) is 0 Å². The van der Waals surface area contributed by atoms with Crippen LogP contribution in [-0.4, -0.2) is 18.1 Å².